The molecule has 0 aliphatic rings. The standard InChI is InChI=1S/C12H14Cl2INO/c1-9-3-2-4-10(11(9)15)12(17)16(7-5-13)8-6-14/h2-4H,5-8H2,1H3. The van der Waals surface area contributed by atoms with Crippen LogP contribution in [0.3, 0.4) is 0 Å². The van der Waals surface area contributed by atoms with E-state index in [4.69, 9.17) is 23.2 Å². The average Bonchev–Trinajstić information content (AvgIpc) is 2.31. The highest BCUT2D eigenvalue weighted by Crippen LogP contribution is 2.18. The molecule has 0 radical (unpaired) electrons. The predicted molar refractivity (Wildman–Crippen MR) is 81.2 cm³/mol. The Labute approximate surface area is 125 Å². The number of halogens is 3. The number of aryl methyl sites for hydroxylation is 1. The molecule has 0 fully saturated rings. The number of amides is 1. The topological polar surface area (TPSA) is 20.3 Å². The fourth-order valence-electron chi connectivity index (χ4n) is 1.50. The van der Waals surface area contributed by atoms with Crippen molar-refractivity contribution >= 4 is 51.7 Å². The maximum Gasteiger partial charge on any atom is 0.255 e. The molecular formula is C12H14Cl2INO. The van der Waals surface area contributed by atoms with Gasteiger partial charge >= 0.3 is 0 Å². The van der Waals surface area contributed by atoms with Crippen molar-refractivity contribution in [1.82, 2.24) is 4.90 Å². The number of alkyl halides is 2. The number of carbonyl (C=O) groups excluding carboxylic acids is 1. The first-order chi connectivity index (χ1) is 8.11. The predicted octanol–water partition coefficient (Wildman–Crippen LogP) is 3.52. The van der Waals surface area contributed by atoms with Crippen molar-refractivity contribution in [1.29, 1.82) is 0 Å². The van der Waals surface area contributed by atoms with Gasteiger partial charge in [0.25, 0.3) is 5.91 Å². The first-order valence-corrected chi connectivity index (χ1v) is 7.43. The van der Waals surface area contributed by atoms with Crippen LogP contribution in [0, 0.1) is 10.5 Å². The third kappa shape index (κ3) is 4.00. The molecular weight excluding hydrogens is 372 g/mol. The Balaban J connectivity index is 2.96. The van der Waals surface area contributed by atoms with Crippen molar-refractivity contribution in [2.75, 3.05) is 24.8 Å². The van der Waals surface area contributed by atoms with Crippen LogP contribution in [0.2, 0.25) is 0 Å². The molecule has 0 aliphatic heterocycles. The molecule has 0 N–H and O–H groups in total. The molecule has 0 aromatic heterocycles. The normalized spacial score (nSPS) is 10.4. The molecule has 1 aromatic carbocycles. The van der Waals surface area contributed by atoms with Crippen LogP contribution >= 0.6 is 45.8 Å². The molecule has 0 atom stereocenters. The minimum absolute atomic E-state index is 0.000556. The molecule has 1 aromatic rings. The number of carbonyl (C=O) groups is 1. The van der Waals surface area contributed by atoms with Gasteiger partial charge in [0.2, 0.25) is 0 Å². The van der Waals surface area contributed by atoms with Crippen LogP contribution in [0.4, 0.5) is 0 Å². The Morgan fingerprint density at radius 2 is 1.88 bits per heavy atom. The van der Waals surface area contributed by atoms with Crippen molar-refractivity contribution in [3.05, 3.63) is 32.9 Å². The van der Waals surface area contributed by atoms with E-state index in [1.165, 1.54) is 0 Å². The summed E-state index contributed by atoms with van der Waals surface area (Å²) in [5.74, 6) is 0.843. The number of nitrogens with zero attached hydrogens (tertiary/aromatic N) is 1. The summed E-state index contributed by atoms with van der Waals surface area (Å²) < 4.78 is 0.990. The molecule has 1 rings (SSSR count). The van der Waals surface area contributed by atoms with Crippen LogP contribution in [-0.2, 0) is 0 Å². The van der Waals surface area contributed by atoms with E-state index in [9.17, 15) is 4.79 Å². The first-order valence-electron chi connectivity index (χ1n) is 5.28. The number of hydrogen-bond donors (Lipinski definition) is 0. The third-order valence-electron chi connectivity index (χ3n) is 2.42. The van der Waals surface area contributed by atoms with Crippen LogP contribution in [-0.4, -0.2) is 35.7 Å². The Morgan fingerprint density at radius 3 is 2.41 bits per heavy atom. The summed E-state index contributed by atoms with van der Waals surface area (Å²) in [7, 11) is 0. The number of rotatable bonds is 5. The zero-order valence-corrected chi connectivity index (χ0v) is 13.2. The maximum atomic E-state index is 12.3. The molecule has 0 saturated carbocycles. The summed E-state index contributed by atoms with van der Waals surface area (Å²) in [5, 5.41) is 0. The molecule has 17 heavy (non-hydrogen) atoms. The van der Waals surface area contributed by atoms with Crippen LogP contribution < -0.4 is 0 Å². The van der Waals surface area contributed by atoms with Crippen LogP contribution in [0.1, 0.15) is 15.9 Å². The fraction of sp³-hybridized carbons (Fsp3) is 0.417. The summed E-state index contributed by atoms with van der Waals surface area (Å²) in [6.07, 6.45) is 0. The monoisotopic (exact) mass is 385 g/mol. The molecule has 94 valence electrons. The quantitative estimate of drug-likeness (QED) is 0.561. The largest absolute Gasteiger partial charge is 0.336 e. The van der Waals surface area contributed by atoms with E-state index in [1.807, 2.05) is 25.1 Å². The van der Waals surface area contributed by atoms with Crippen molar-refractivity contribution in [2.24, 2.45) is 0 Å². The van der Waals surface area contributed by atoms with E-state index < -0.39 is 0 Å². The van der Waals surface area contributed by atoms with E-state index in [2.05, 4.69) is 22.6 Å². The highest BCUT2D eigenvalue weighted by atomic mass is 127. The molecule has 1 amide bonds. The lowest BCUT2D eigenvalue weighted by atomic mass is 10.1. The third-order valence-corrected chi connectivity index (χ3v) is 4.19. The summed E-state index contributed by atoms with van der Waals surface area (Å²) >= 11 is 13.6. The summed E-state index contributed by atoms with van der Waals surface area (Å²) in [6.45, 7) is 3.04. The van der Waals surface area contributed by atoms with E-state index >= 15 is 0 Å². The Hall–Kier alpha value is 0.000000000000000111. The fourth-order valence-corrected chi connectivity index (χ4v) is 2.50. The molecule has 0 saturated heterocycles. The van der Waals surface area contributed by atoms with Gasteiger partial charge in [-0.1, -0.05) is 12.1 Å². The lowest BCUT2D eigenvalue weighted by Crippen LogP contribution is -2.35. The van der Waals surface area contributed by atoms with Crippen LogP contribution in [0.15, 0.2) is 18.2 Å². The minimum atomic E-state index is -0.000556. The van der Waals surface area contributed by atoms with E-state index in [0.29, 0.717) is 24.8 Å². The maximum absolute atomic E-state index is 12.3. The van der Waals surface area contributed by atoms with Gasteiger partial charge in [0.05, 0.1) is 5.56 Å². The number of hydrogen-bond acceptors (Lipinski definition) is 1. The Kier molecular flexibility index (Phi) is 6.59. The van der Waals surface area contributed by atoms with Gasteiger partial charge in [0, 0.05) is 28.4 Å². The molecule has 0 aliphatic carbocycles. The summed E-state index contributed by atoms with van der Waals surface area (Å²) in [4.78, 5) is 14.0. The van der Waals surface area contributed by atoms with Gasteiger partial charge in [-0.3, -0.25) is 4.79 Å². The van der Waals surface area contributed by atoms with Crippen molar-refractivity contribution in [2.45, 2.75) is 6.92 Å². The zero-order valence-electron chi connectivity index (χ0n) is 9.55. The summed E-state index contributed by atoms with van der Waals surface area (Å²) in [5.41, 5.74) is 1.83. The first kappa shape index (κ1) is 15.1. The molecule has 0 bridgehead atoms. The van der Waals surface area contributed by atoms with Gasteiger partial charge in [0.1, 0.15) is 0 Å². The zero-order chi connectivity index (χ0) is 12.8. The Bertz CT molecular complexity index is 392. The van der Waals surface area contributed by atoms with Gasteiger partial charge in [-0.05, 0) is 41.1 Å². The van der Waals surface area contributed by atoms with Crippen molar-refractivity contribution in [3.8, 4) is 0 Å². The highest BCUT2D eigenvalue weighted by Gasteiger charge is 2.17. The lowest BCUT2D eigenvalue weighted by molar-refractivity contribution is 0.0774. The smallest absolute Gasteiger partial charge is 0.255 e. The van der Waals surface area contributed by atoms with Crippen LogP contribution in [0.5, 0.6) is 0 Å². The molecule has 2 nitrogen and oxygen atoms in total. The lowest BCUT2D eigenvalue weighted by Gasteiger charge is -2.21. The summed E-state index contributed by atoms with van der Waals surface area (Å²) in [6, 6.07) is 5.73. The second-order valence-corrected chi connectivity index (χ2v) is 5.44. The SMILES string of the molecule is Cc1cccc(C(=O)N(CCCl)CCCl)c1I. The van der Waals surface area contributed by atoms with Crippen molar-refractivity contribution in [3.63, 3.8) is 0 Å². The van der Waals surface area contributed by atoms with Crippen LogP contribution in [0.25, 0.3) is 0 Å². The van der Waals surface area contributed by atoms with Crippen molar-refractivity contribution < 1.29 is 4.79 Å². The van der Waals surface area contributed by atoms with Gasteiger partial charge in [-0.25, -0.2) is 0 Å². The average molecular weight is 386 g/mol. The Morgan fingerprint density at radius 1 is 1.29 bits per heavy atom. The highest BCUT2D eigenvalue weighted by molar-refractivity contribution is 14.1. The van der Waals surface area contributed by atoms with Gasteiger partial charge in [-0.2, -0.15) is 0 Å². The number of benzene rings is 1. The minimum Gasteiger partial charge on any atom is -0.336 e. The van der Waals surface area contributed by atoms with E-state index in [-0.39, 0.29) is 5.91 Å². The van der Waals surface area contributed by atoms with Gasteiger partial charge in [-0.15, -0.1) is 23.2 Å². The second kappa shape index (κ2) is 7.44. The molecule has 5 heteroatoms. The molecule has 0 unspecified atom stereocenters. The second-order valence-electron chi connectivity index (χ2n) is 3.61. The van der Waals surface area contributed by atoms with Gasteiger partial charge < -0.3 is 4.90 Å². The van der Waals surface area contributed by atoms with Gasteiger partial charge in [0.15, 0.2) is 0 Å². The molecule has 0 heterocycles. The van der Waals surface area contributed by atoms with E-state index in [1.54, 1.807) is 4.90 Å². The van der Waals surface area contributed by atoms with E-state index in [0.717, 1.165) is 14.7 Å². The molecule has 0 spiro atoms.